The number of carbonyl (C=O) groups is 2. The van der Waals surface area contributed by atoms with Crippen LogP contribution in [0.4, 0.5) is 18.9 Å². The number of para-hydroxylation sites is 1. The molecule has 2 aliphatic rings. The van der Waals surface area contributed by atoms with Gasteiger partial charge in [0.15, 0.2) is 0 Å². The third-order valence-electron chi connectivity index (χ3n) is 5.19. The van der Waals surface area contributed by atoms with Crippen molar-refractivity contribution in [2.24, 2.45) is 5.92 Å². The highest BCUT2D eigenvalue weighted by Gasteiger charge is 2.44. The Balaban J connectivity index is 0.00000300. The summed E-state index contributed by atoms with van der Waals surface area (Å²) < 4.78 is 40.5. The van der Waals surface area contributed by atoms with Crippen molar-refractivity contribution < 1.29 is 22.8 Å². The summed E-state index contributed by atoms with van der Waals surface area (Å²) in [6, 6.07) is 4.74. The van der Waals surface area contributed by atoms with Gasteiger partial charge in [0.05, 0.1) is 11.3 Å². The summed E-state index contributed by atoms with van der Waals surface area (Å²) in [6.07, 6.45) is -2.78. The lowest BCUT2D eigenvalue weighted by Gasteiger charge is -2.36. The number of carbonyl (C=O) groups excluding carboxylic acids is 2. The molecule has 1 aliphatic heterocycles. The molecule has 1 atom stereocenters. The Hall–Kier alpha value is -1.84. The van der Waals surface area contributed by atoms with Crippen LogP contribution in [0.1, 0.15) is 23.2 Å². The van der Waals surface area contributed by atoms with E-state index in [2.05, 4.69) is 10.6 Å². The zero-order chi connectivity index (χ0) is 20.3. The lowest BCUT2D eigenvalue weighted by atomic mass is 10.1. The molecule has 0 bridgehead atoms. The van der Waals surface area contributed by atoms with E-state index in [1.54, 1.807) is 25.2 Å². The van der Waals surface area contributed by atoms with Crippen LogP contribution in [0.25, 0.3) is 0 Å². The molecule has 0 aromatic heterocycles. The van der Waals surface area contributed by atoms with Crippen LogP contribution in [0.2, 0.25) is 0 Å². The highest BCUT2D eigenvalue weighted by molar-refractivity contribution is 6.05. The molecule has 29 heavy (non-hydrogen) atoms. The standard InChI is InChI=1S/C19H25F3N4O2.ClH/c1-25(18(28)13-6-7-13)15-5-3-2-4-14(15)17(27)24-12-16(19(20,21)22)26-10-8-23-9-11-26;/h2-5,13,16,23H,6-12H2,1H3,(H,24,27);1H. The highest BCUT2D eigenvalue weighted by atomic mass is 35.5. The minimum Gasteiger partial charge on any atom is -0.350 e. The molecule has 0 spiro atoms. The van der Waals surface area contributed by atoms with Crippen molar-refractivity contribution in [2.75, 3.05) is 44.7 Å². The zero-order valence-corrected chi connectivity index (χ0v) is 17.0. The molecule has 1 saturated carbocycles. The first-order valence-corrected chi connectivity index (χ1v) is 9.45. The van der Waals surface area contributed by atoms with Gasteiger partial charge in [-0.05, 0) is 25.0 Å². The second kappa shape index (κ2) is 9.77. The first kappa shape index (κ1) is 23.4. The van der Waals surface area contributed by atoms with E-state index in [1.165, 1.54) is 15.9 Å². The molecule has 1 aromatic rings. The normalized spacial score (nSPS) is 18.5. The number of nitrogens with zero attached hydrogens (tertiary/aromatic N) is 2. The molecule has 1 aliphatic carbocycles. The van der Waals surface area contributed by atoms with Crippen LogP contribution >= 0.6 is 12.4 Å². The average molecular weight is 435 g/mol. The minimum atomic E-state index is -4.44. The van der Waals surface area contributed by atoms with Gasteiger partial charge in [0.2, 0.25) is 5.91 Å². The van der Waals surface area contributed by atoms with Gasteiger partial charge in [-0.3, -0.25) is 14.5 Å². The lowest BCUT2D eigenvalue weighted by molar-refractivity contribution is -0.183. The van der Waals surface area contributed by atoms with E-state index in [-0.39, 0.29) is 42.9 Å². The molecular formula is C19H26ClF3N4O2. The smallest absolute Gasteiger partial charge is 0.350 e. The quantitative estimate of drug-likeness (QED) is 0.719. The lowest BCUT2D eigenvalue weighted by Crippen LogP contribution is -2.57. The topological polar surface area (TPSA) is 64.7 Å². The van der Waals surface area contributed by atoms with E-state index < -0.39 is 24.7 Å². The molecule has 2 amide bonds. The monoisotopic (exact) mass is 434 g/mol. The van der Waals surface area contributed by atoms with Crippen molar-refractivity contribution in [1.82, 2.24) is 15.5 Å². The highest BCUT2D eigenvalue weighted by Crippen LogP contribution is 2.33. The average Bonchev–Trinajstić information content (AvgIpc) is 3.52. The third-order valence-corrected chi connectivity index (χ3v) is 5.19. The Bertz CT molecular complexity index is 722. The maximum absolute atomic E-state index is 13.5. The summed E-state index contributed by atoms with van der Waals surface area (Å²) in [5.41, 5.74) is 0.600. The molecule has 2 N–H and O–H groups in total. The molecule has 2 fully saturated rings. The maximum atomic E-state index is 13.5. The summed E-state index contributed by atoms with van der Waals surface area (Å²) in [4.78, 5) is 27.7. The van der Waals surface area contributed by atoms with Crippen molar-refractivity contribution >= 4 is 29.9 Å². The van der Waals surface area contributed by atoms with Gasteiger partial charge >= 0.3 is 6.18 Å². The fraction of sp³-hybridized carbons (Fsp3) is 0.579. The molecule has 162 valence electrons. The van der Waals surface area contributed by atoms with Gasteiger partial charge in [-0.15, -0.1) is 12.4 Å². The molecule has 10 heteroatoms. The summed E-state index contributed by atoms with van der Waals surface area (Å²) in [6.45, 7) is 0.982. The maximum Gasteiger partial charge on any atom is 0.405 e. The van der Waals surface area contributed by atoms with E-state index in [1.807, 2.05) is 0 Å². The molecule has 6 nitrogen and oxygen atoms in total. The molecule has 3 rings (SSSR count). The van der Waals surface area contributed by atoms with Crippen LogP contribution < -0.4 is 15.5 Å². The molecule has 0 radical (unpaired) electrons. The minimum absolute atomic E-state index is 0. The van der Waals surface area contributed by atoms with Crippen molar-refractivity contribution in [3.63, 3.8) is 0 Å². The molecule has 1 unspecified atom stereocenters. The zero-order valence-electron chi connectivity index (χ0n) is 16.2. The second-order valence-corrected chi connectivity index (χ2v) is 7.24. The number of alkyl halides is 3. The number of anilines is 1. The van der Waals surface area contributed by atoms with E-state index in [4.69, 9.17) is 0 Å². The summed E-state index contributed by atoms with van der Waals surface area (Å²) in [7, 11) is 1.59. The molecule has 1 heterocycles. The van der Waals surface area contributed by atoms with Crippen LogP contribution in [-0.4, -0.2) is 68.7 Å². The Labute approximate surface area is 174 Å². The number of piperazine rings is 1. The van der Waals surface area contributed by atoms with E-state index >= 15 is 0 Å². The van der Waals surface area contributed by atoms with Gasteiger partial charge in [0, 0.05) is 45.7 Å². The number of amides is 2. The summed E-state index contributed by atoms with van der Waals surface area (Å²) in [5.74, 6) is -0.715. The van der Waals surface area contributed by atoms with Crippen molar-refractivity contribution in [1.29, 1.82) is 0 Å². The number of halogens is 4. The van der Waals surface area contributed by atoms with E-state index in [0.717, 1.165) is 12.8 Å². The largest absolute Gasteiger partial charge is 0.405 e. The molecular weight excluding hydrogens is 409 g/mol. The van der Waals surface area contributed by atoms with Gasteiger partial charge in [0.1, 0.15) is 6.04 Å². The van der Waals surface area contributed by atoms with Gasteiger partial charge < -0.3 is 15.5 Å². The molecule has 1 saturated heterocycles. The predicted octanol–water partition coefficient (Wildman–Crippen LogP) is 2.05. The van der Waals surface area contributed by atoms with Crippen LogP contribution in [0.15, 0.2) is 24.3 Å². The molecule has 1 aromatic carbocycles. The Morgan fingerprint density at radius 3 is 2.45 bits per heavy atom. The number of nitrogens with one attached hydrogen (secondary N) is 2. The Morgan fingerprint density at radius 1 is 1.24 bits per heavy atom. The fourth-order valence-electron chi connectivity index (χ4n) is 3.41. The number of hydrogen-bond donors (Lipinski definition) is 2. The van der Waals surface area contributed by atoms with Crippen LogP contribution in [0.3, 0.4) is 0 Å². The summed E-state index contributed by atoms with van der Waals surface area (Å²) >= 11 is 0. The van der Waals surface area contributed by atoms with Crippen LogP contribution in [0, 0.1) is 5.92 Å². The second-order valence-electron chi connectivity index (χ2n) is 7.24. The van der Waals surface area contributed by atoms with E-state index in [0.29, 0.717) is 18.8 Å². The van der Waals surface area contributed by atoms with E-state index in [9.17, 15) is 22.8 Å². The first-order chi connectivity index (χ1) is 13.3. The predicted molar refractivity (Wildman–Crippen MR) is 106 cm³/mol. The Kier molecular flexibility index (Phi) is 7.90. The van der Waals surface area contributed by atoms with Gasteiger partial charge in [-0.2, -0.15) is 13.2 Å². The van der Waals surface area contributed by atoms with Crippen molar-refractivity contribution in [3.8, 4) is 0 Å². The van der Waals surface area contributed by atoms with Crippen LogP contribution in [0.5, 0.6) is 0 Å². The van der Waals surface area contributed by atoms with Crippen LogP contribution in [-0.2, 0) is 4.79 Å². The van der Waals surface area contributed by atoms with Crippen molar-refractivity contribution in [3.05, 3.63) is 29.8 Å². The summed E-state index contributed by atoms with van der Waals surface area (Å²) in [5, 5.41) is 5.45. The van der Waals surface area contributed by atoms with Gasteiger partial charge in [0.25, 0.3) is 5.91 Å². The van der Waals surface area contributed by atoms with Gasteiger partial charge in [-0.1, -0.05) is 12.1 Å². The SMILES string of the molecule is CN(C(=O)C1CC1)c1ccccc1C(=O)NCC(N1CCNCC1)C(F)(F)F.Cl. The third kappa shape index (κ3) is 5.83. The van der Waals surface area contributed by atoms with Gasteiger partial charge in [-0.25, -0.2) is 0 Å². The number of rotatable bonds is 6. The number of hydrogen-bond acceptors (Lipinski definition) is 4. The Morgan fingerprint density at radius 2 is 1.86 bits per heavy atom. The van der Waals surface area contributed by atoms with Crippen molar-refractivity contribution in [2.45, 2.75) is 25.1 Å². The number of benzene rings is 1. The first-order valence-electron chi connectivity index (χ1n) is 9.45. The fourth-order valence-corrected chi connectivity index (χ4v) is 3.41.